The average molecular weight is 302 g/mol. The highest BCUT2D eigenvalue weighted by Crippen LogP contribution is 2.24. The summed E-state index contributed by atoms with van der Waals surface area (Å²) < 4.78 is 0. The standard InChI is InChI=1S/C19H14N2O2/c22-19-11-10-18(21-23)12-16(19)13-20-17-8-6-15(7-9-17)14-4-2-1-3-5-14/h1-13,22H. The van der Waals surface area contributed by atoms with Gasteiger partial charge in [0.15, 0.2) is 0 Å². The van der Waals surface area contributed by atoms with Gasteiger partial charge in [0.1, 0.15) is 11.4 Å². The van der Waals surface area contributed by atoms with Gasteiger partial charge >= 0.3 is 0 Å². The molecule has 0 atom stereocenters. The van der Waals surface area contributed by atoms with Crippen LogP contribution < -0.4 is 0 Å². The van der Waals surface area contributed by atoms with Gasteiger partial charge in [-0.1, -0.05) is 42.5 Å². The van der Waals surface area contributed by atoms with Gasteiger partial charge in [-0.2, -0.15) is 0 Å². The fourth-order valence-electron chi connectivity index (χ4n) is 2.22. The molecule has 112 valence electrons. The Morgan fingerprint density at radius 2 is 1.43 bits per heavy atom. The fraction of sp³-hybridized carbons (Fsp3) is 0. The molecule has 0 radical (unpaired) electrons. The zero-order valence-electron chi connectivity index (χ0n) is 12.3. The van der Waals surface area contributed by atoms with Crippen LogP contribution in [0.25, 0.3) is 11.1 Å². The summed E-state index contributed by atoms with van der Waals surface area (Å²) in [5.74, 6) is 0.0575. The number of hydrogen-bond acceptors (Lipinski definition) is 4. The van der Waals surface area contributed by atoms with Crippen molar-refractivity contribution in [3.63, 3.8) is 0 Å². The molecular formula is C19H14N2O2. The summed E-state index contributed by atoms with van der Waals surface area (Å²) in [6.07, 6.45) is 1.52. The molecule has 0 aromatic heterocycles. The topological polar surface area (TPSA) is 62.0 Å². The Morgan fingerprint density at radius 3 is 2.13 bits per heavy atom. The van der Waals surface area contributed by atoms with E-state index in [-0.39, 0.29) is 11.4 Å². The van der Waals surface area contributed by atoms with Crippen LogP contribution in [0.3, 0.4) is 0 Å². The van der Waals surface area contributed by atoms with E-state index in [0.717, 1.165) is 16.8 Å². The summed E-state index contributed by atoms with van der Waals surface area (Å²) in [5.41, 5.74) is 3.72. The lowest BCUT2D eigenvalue weighted by Crippen LogP contribution is -1.82. The lowest BCUT2D eigenvalue weighted by molar-refractivity contribution is 0.474. The van der Waals surface area contributed by atoms with Crippen LogP contribution in [-0.4, -0.2) is 11.3 Å². The highest BCUT2D eigenvalue weighted by atomic mass is 16.3. The second-order valence-electron chi connectivity index (χ2n) is 5.01. The van der Waals surface area contributed by atoms with Crippen molar-refractivity contribution in [2.45, 2.75) is 0 Å². The van der Waals surface area contributed by atoms with Crippen molar-refractivity contribution in [2.24, 2.45) is 10.2 Å². The van der Waals surface area contributed by atoms with Gasteiger partial charge in [-0.25, -0.2) is 0 Å². The average Bonchev–Trinajstić information content (AvgIpc) is 2.62. The smallest absolute Gasteiger partial charge is 0.124 e. The summed E-state index contributed by atoms with van der Waals surface area (Å²) in [7, 11) is 0. The second-order valence-corrected chi connectivity index (χ2v) is 5.01. The quantitative estimate of drug-likeness (QED) is 0.531. The largest absolute Gasteiger partial charge is 0.507 e. The van der Waals surface area contributed by atoms with Crippen molar-refractivity contribution in [1.29, 1.82) is 0 Å². The maximum absolute atomic E-state index is 10.5. The molecule has 0 bridgehead atoms. The van der Waals surface area contributed by atoms with E-state index in [4.69, 9.17) is 0 Å². The minimum atomic E-state index is 0.0575. The molecule has 0 saturated heterocycles. The third-order valence-corrected chi connectivity index (χ3v) is 3.44. The van der Waals surface area contributed by atoms with E-state index in [0.29, 0.717) is 5.56 Å². The van der Waals surface area contributed by atoms with E-state index >= 15 is 0 Å². The molecule has 0 fully saturated rings. The van der Waals surface area contributed by atoms with Gasteiger partial charge in [0.2, 0.25) is 0 Å². The SMILES string of the molecule is O=Nc1ccc(O)c(C=Nc2ccc(-c3ccccc3)cc2)c1. The maximum atomic E-state index is 10.5. The second kappa shape index (κ2) is 6.66. The van der Waals surface area contributed by atoms with Crippen molar-refractivity contribution < 1.29 is 5.11 Å². The van der Waals surface area contributed by atoms with Crippen LogP contribution in [0.15, 0.2) is 83.0 Å². The first-order valence-corrected chi connectivity index (χ1v) is 7.12. The summed E-state index contributed by atoms with van der Waals surface area (Å²) in [4.78, 5) is 14.9. The summed E-state index contributed by atoms with van der Waals surface area (Å²) >= 11 is 0. The van der Waals surface area contributed by atoms with Crippen molar-refractivity contribution in [3.05, 3.63) is 83.3 Å². The molecule has 0 amide bonds. The number of hydrogen-bond donors (Lipinski definition) is 1. The third-order valence-electron chi connectivity index (χ3n) is 3.44. The molecule has 1 N–H and O–H groups in total. The molecule has 0 spiro atoms. The first-order chi connectivity index (χ1) is 11.3. The van der Waals surface area contributed by atoms with E-state index in [9.17, 15) is 10.0 Å². The minimum absolute atomic E-state index is 0.0575. The molecule has 0 aliphatic rings. The molecule has 0 heterocycles. The molecule has 0 aliphatic heterocycles. The van der Waals surface area contributed by atoms with Gasteiger partial charge < -0.3 is 5.11 Å². The van der Waals surface area contributed by atoms with Crippen molar-refractivity contribution in [1.82, 2.24) is 0 Å². The van der Waals surface area contributed by atoms with E-state index in [1.54, 1.807) is 0 Å². The highest BCUT2D eigenvalue weighted by molar-refractivity contribution is 5.86. The molecule has 3 aromatic carbocycles. The monoisotopic (exact) mass is 302 g/mol. The molecular weight excluding hydrogens is 288 g/mol. The van der Waals surface area contributed by atoms with Crippen LogP contribution in [-0.2, 0) is 0 Å². The molecule has 3 rings (SSSR count). The first kappa shape index (κ1) is 14.7. The molecule has 0 unspecified atom stereocenters. The Hall–Kier alpha value is -3.27. The Kier molecular flexibility index (Phi) is 4.25. The molecule has 4 nitrogen and oxygen atoms in total. The number of benzene rings is 3. The molecule has 0 aliphatic carbocycles. The Balaban J connectivity index is 1.82. The minimum Gasteiger partial charge on any atom is -0.507 e. The predicted octanol–water partition coefficient (Wildman–Crippen LogP) is 5.21. The Bertz CT molecular complexity index is 841. The van der Waals surface area contributed by atoms with Crippen molar-refractivity contribution in [2.75, 3.05) is 0 Å². The number of nitrogens with zero attached hydrogens (tertiary/aromatic N) is 2. The summed E-state index contributed by atoms with van der Waals surface area (Å²) in [6.45, 7) is 0. The number of aliphatic imine (C=N–C) groups is 1. The van der Waals surface area contributed by atoms with Crippen LogP contribution in [0.1, 0.15) is 5.56 Å². The van der Waals surface area contributed by atoms with Crippen LogP contribution in [0.5, 0.6) is 5.75 Å². The number of phenols is 1. The maximum Gasteiger partial charge on any atom is 0.124 e. The number of nitroso groups, excluding NO2 is 1. The van der Waals surface area contributed by atoms with E-state index < -0.39 is 0 Å². The van der Waals surface area contributed by atoms with Crippen LogP contribution in [0.2, 0.25) is 0 Å². The van der Waals surface area contributed by atoms with Crippen LogP contribution in [0, 0.1) is 4.91 Å². The van der Waals surface area contributed by atoms with Crippen molar-refractivity contribution >= 4 is 17.6 Å². The molecule has 23 heavy (non-hydrogen) atoms. The third kappa shape index (κ3) is 3.49. The molecule has 3 aromatic rings. The number of rotatable bonds is 4. The highest BCUT2D eigenvalue weighted by Gasteiger charge is 2.01. The van der Waals surface area contributed by atoms with Gasteiger partial charge in [-0.05, 0) is 46.6 Å². The number of aromatic hydroxyl groups is 1. The van der Waals surface area contributed by atoms with E-state index in [1.807, 2.05) is 54.6 Å². The van der Waals surface area contributed by atoms with Gasteiger partial charge in [0, 0.05) is 11.8 Å². The predicted molar refractivity (Wildman–Crippen MR) is 92.7 cm³/mol. The van der Waals surface area contributed by atoms with Crippen molar-refractivity contribution in [3.8, 4) is 16.9 Å². The lowest BCUT2D eigenvalue weighted by Gasteiger charge is -2.02. The normalized spacial score (nSPS) is 10.8. The van der Waals surface area contributed by atoms with Crippen LogP contribution >= 0.6 is 0 Å². The molecule has 4 heteroatoms. The van der Waals surface area contributed by atoms with Gasteiger partial charge in [0.25, 0.3) is 0 Å². The van der Waals surface area contributed by atoms with E-state index in [2.05, 4.69) is 10.2 Å². The lowest BCUT2D eigenvalue weighted by atomic mass is 10.1. The van der Waals surface area contributed by atoms with Gasteiger partial charge in [-0.3, -0.25) is 4.99 Å². The summed E-state index contributed by atoms with van der Waals surface area (Å²) in [5, 5.41) is 12.6. The van der Waals surface area contributed by atoms with Gasteiger partial charge in [-0.15, -0.1) is 4.91 Å². The zero-order chi connectivity index (χ0) is 16.1. The first-order valence-electron chi connectivity index (χ1n) is 7.12. The summed E-state index contributed by atoms with van der Waals surface area (Å²) in [6, 6.07) is 22.2. The van der Waals surface area contributed by atoms with Gasteiger partial charge in [0.05, 0.1) is 5.69 Å². The Labute approximate surface area is 133 Å². The van der Waals surface area contributed by atoms with Crippen LogP contribution in [0.4, 0.5) is 11.4 Å². The van der Waals surface area contributed by atoms with E-state index in [1.165, 1.54) is 24.4 Å². The Morgan fingerprint density at radius 1 is 0.783 bits per heavy atom. The zero-order valence-corrected chi connectivity index (χ0v) is 12.3. The number of phenolic OH excluding ortho intramolecular Hbond substituents is 1. The molecule has 0 saturated carbocycles. The fourth-order valence-corrected chi connectivity index (χ4v) is 2.22.